The van der Waals surface area contributed by atoms with E-state index in [4.69, 9.17) is 23.2 Å². The average molecular weight is 275 g/mol. The molecule has 0 atom stereocenters. The van der Waals surface area contributed by atoms with Gasteiger partial charge in [0.1, 0.15) is 5.75 Å². The number of nitrogens with one attached hydrogen (secondary N) is 1. The topological polar surface area (TPSA) is 61.7 Å². The molecule has 0 spiro atoms. The normalized spacial score (nSPS) is 10.8. The van der Waals surface area contributed by atoms with Crippen molar-refractivity contribution in [2.24, 2.45) is 5.10 Å². The van der Waals surface area contributed by atoms with Crippen LogP contribution in [0.15, 0.2) is 17.2 Å². The lowest BCUT2D eigenvalue weighted by Crippen LogP contribution is -2.16. The van der Waals surface area contributed by atoms with E-state index in [0.29, 0.717) is 17.0 Å². The van der Waals surface area contributed by atoms with E-state index in [9.17, 15) is 9.90 Å². The summed E-state index contributed by atoms with van der Waals surface area (Å²) in [5, 5.41) is 13.8. The number of hydrogen-bond donors (Lipinski definition) is 2. The molecule has 0 saturated carbocycles. The Labute approximate surface area is 109 Å². The van der Waals surface area contributed by atoms with Gasteiger partial charge in [0.05, 0.1) is 11.2 Å². The Morgan fingerprint density at radius 1 is 1.53 bits per heavy atom. The van der Waals surface area contributed by atoms with Crippen LogP contribution in [0.5, 0.6) is 5.75 Å². The first-order chi connectivity index (χ1) is 8.04. The van der Waals surface area contributed by atoms with E-state index in [1.807, 2.05) is 6.92 Å². The number of carbonyl (C=O) groups excluding carboxylic acids is 1. The lowest BCUT2D eigenvalue weighted by Gasteiger charge is -2.02. The molecule has 6 heteroatoms. The highest BCUT2D eigenvalue weighted by atomic mass is 35.5. The Bertz CT molecular complexity index is 447. The molecule has 4 nitrogen and oxygen atoms in total. The van der Waals surface area contributed by atoms with Crippen LogP contribution in [0.2, 0.25) is 10.0 Å². The smallest absolute Gasteiger partial charge is 0.240 e. The van der Waals surface area contributed by atoms with Crippen LogP contribution >= 0.6 is 23.2 Å². The maximum absolute atomic E-state index is 11.1. The van der Waals surface area contributed by atoms with E-state index in [1.54, 1.807) is 0 Å². The van der Waals surface area contributed by atoms with Crippen molar-refractivity contribution in [3.63, 3.8) is 0 Å². The monoisotopic (exact) mass is 274 g/mol. The van der Waals surface area contributed by atoms with Gasteiger partial charge in [-0.3, -0.25) is 4.79 Å². The number of phenolic OH excluding ortho intramolecular Hbond substituents is 1. The number of rotatable bonds is 4. The molecule has 17 heavy (non-hydrogen) atoms. The number of halogens is 2. The number of aromatic hydroxyl groups is 1. The van der Waals surface area contributed by atoms with Crippen molar-refractivity contribution in [2.75, 3.05) is 0 Å². The fraction of sp³-hybridized carbons (Fsp3) is 0.273. The van der Waals surface area contributed by atoms with Crippen molar-refractivity contribution in [2.45, 2.75) is 19.8 Å². The zero-order valence-corrected chi connectivity index (χ0v) is 10.7. The molecule has 0 heterocycles. The first kappa shape index (κ1) is 13.8. The molecule has 0 aliphatic rings. The summed E-state index contributed by atoms with van der Waals surface area (Å²) in [6.45, 7) is 1.89. The second-order valence-corrected chi connectivity index (χ2v) is 4.21. The molecular formula is C11H12Cl2N2O2. The van der Waals surface area contributed by atoms with Crippen LogP contribution in [0.1, 0.15) is 25.3 Å². The summed E-state index contributed by atoms with van der Waals surface area (Å²) in [7, 11) is 0. The van der Waals surface area contributed by atoms with Crippen LogP contribution in [0.3, 0.4) is 0 Å². The Morgan fingerprint density at radius 2 is 2.24 bits per heavy atom. The lowest BCUT2D eigenvalue weighted by molar-refractivity contribution is -0.121. The van der Waals surface area contributed by atoms with Gasteiger partial charge in [-0.25, -0.2) is 5.43 Å². The Hall–Kier alpha value is -1.26. The van der Waals surface area contributed by atoms with Gasteiger partial charge in [-0.05, 0) is 18.6 Å². The summed E-state index contributed by atoms with van der Waals surface area (Å²) in [5.74, 6) is -0.305. The van der Waals surface area contributed by atoms with Gasteiger partial charge in [0, 0.05) is 17.0 Å². The van der Waals surface area contributed by atoms with E-state index >= 15 is 0 Å². The first-order valence-electron chi connectivity index (χ1n) is 5.04. The highest BCUT2D eigenvalue weighted by molar-refractivity contribution is 6.36. The Balaban J connectivity index is 2.74. The molecule has 0 fully saturated rings. The predicted octanol–water partition coefficient (Wildman–Crippen LogP) is 2.95. The third kappa shape index (κ3) is 4.24. The minimum Gasteiger partial charge on any atom is -0.506 e. The second-order valence-electron chi connectivity index (χ2n) is 3.37. The van der Waals surface area contributed by atoms with Crippen LogP contribution in [-0.2, 0) is 4.79 Å². The molecule has 1 amide bonds. The molecule has 0 aromatic heterocycles. The summed E-state index contributed by atoms with van der Waals surface area (Å²) in [6, 6.07) is 2.92. The predicted molar refractivity (Wildman–Crippen MR) is 68.8 cm³/mol. The fourth-order valence-electron chi connectivity index (χ4n) is 1.14. The summed E-state index contributed by atoms with van der Waals surface area (Å²) >= 11 is 11.5. The molecule has 1 aromatic carbocycles. The average Bonchev–Trinajstić information content (AvgIpc) is 2.25. The molecule has 0 radical (unpaired) electrons. The molecule has 2 N–H and O–H groups in total. The molecular weight excluding hydrogens is 263 g/mol. The summed E-state index contributed by atoms with van der Waals surface area (Å²) in [5.41, 5.74) is 2.68. The van der Waals surface area contributed by atoms with Crippen molar-refractivity contribution < 1.29 is 9.90 Å². The van der Waals surface area contributed by atoms with E-state index in [1.165, 1.54) is 18.3 Å². The molecule has 0 unspecified atom stereocenters. The third-order valence-corrected chi connectivity index (χ3v) is 2.43. The molecule has 1 aromatic rings. The van der Waals surface area contributed by atoms with E-state index < -0.39 is 0 Å². The Kier molecular flexibility index (Phi) is 5.25. The number of carbonyl (C=O) groups is 1. The van der Waals surface area contributed by atoms with Crippen LogP contribution in [0, 0.1) is 0 Å². The highest BCUT2D eigenvalue weighted by Gasteiger charge is 2.05. The van der Waals surface area contributed by atoms with Crippen molar-refractivity contribution in [1.82, 2.24) is 5.43 Å². The number of phenols is 1. The SMILES string of the molecule is CCCC(=O)N/N=C/c1cc(Cl)cc(Cl)c1O. The van der Waals surface area contributed by atoms with Gasteiger partial charge < -0.3 is 5.11 Å². The maximum Gasteiger partial charge on any atom is 0.240 e. The van der Waals surface area contributed by atoms with Crippen LogP contribution in [0.25, 0.3) is 0 Å². The van der Waals surface area contributed by atoms with Gasteiger partial charge in [0.2, 0.25) is 5.91 Å². The minimum absolute atomic E-state index is 0.121. The van der Waals surface area contributed by atoms with Crippen molar-refractivity contribution in [3.8, 4) is 5.75 Å². The molecule has 0 bridgehead atoms. The van der Waals surface area contributed by atoms with Gasteiger partial charge in [-0.1, -0.05) is 30.1 Å². The molecule has 92 valence electrons. The lowest BCUT2D eigenvalue weighted by atomic mass is 10.2. The quantitative estimate of drug-likeness (QED) is 0.655. The van der Waals surface area contributed by atoms with E-state index in [2.05, 4.69) is 10.5 Å². The second kappa shape index (κ2) is 6.47. The molecule has 0 saturated heterocycles. The zero-order chi connectivity index (χ0) is 12.8. The number of hydrazone groups is 1. The van der Waals surface area contributed by atoms with Gasteiger partial charge in [0.25, 0.3) is 0 Å². The standard InChI is InChI=1S/C11H12Cl2N2O2/c1-2-3-10(16)15-14-6-7-4-8(12)5-9(13)11(7)17/h4-6,17H,2-3H2,1H3,(H,15,16)/b14-6+. The fourth-order valence-corrected chi connectivity index (χ4v) is 1.65. The van der Waals surface area contributed by atoms with Crippen LogP contribution in [0.4, 0.5) is 0 Å². The highest BCUT2D eigenvalue weighted by Crippen LogP contribution is 2.29. The van der Waals surface area contributed by atoms with Crippen LogP contribution < -0.4 is 5.43 Å². The first-order valence-corrected chi connectivity index (χ1v) is 5.80. The van der Waals surface area contributed by atoms with Crippen molar-refractivity contribution >= 4 is 35.3 Å². The van der Waals surface area contributed by atoms with Gasteiger partial charge in [0.15, 0.2) is 0 Å². The van der Waals surface area contributed by atoms with Crippen molar-refractivity contribution in [3.05, 3.63) is 27.7 Å². The summed E-state index contributed by atoms with van der Waals surface area (Å²) in [4.78, 5) is 11.1. The number of amides is 1. The summed E-state index contributed by atoms with van der Waals surface area (Å²) < 4.78 is 0. The van der Waals surface area contributed by atoms with E-state index in [-0.39, 0.29) is 16.7 Å². The molecule has 0 aliphatic heterocycles. The minimum atomic E-state index is -0.184. The maximum atomic E-state index is 11.1. The van der Waals surface area contributed by atoms with E-state index in [0.717, 1.165) is 6.42 Å². The molecule has 1 rings (SSSR count). The van der Waals surface area contributed by atoms with Gasteiger partial charge >= 0.3 is 0 Å². The zero-order valence-electron chi connectivity index (χ0n) is 9.20. The van der Waals surface area contributed by atoms with Crippen LogP contribution in [-0.4, -0.2) is 17.2 Å². The van der Waals surface area contributed by atoms with Gasteiger partial charge in [-0.15, -0.1) is 0 Å². The largest absolute Gasteiger partial charge is 0.506 e. The molecule has 0 aliphatic carbocycles. The third-order valence-electron chi connectivity index (χ3n) is 1.93. The Morgan fingerprint density at radius 3 is 2.88 bits per heavy atom. The number of hydrogen-bond acceptors (Lipinski definition) is 3. The number of benzene rings is 1. The number of nitrogens with zero attached hydrogens (tertiary/aromatic N) is 1. The van der Waals surface area contributed by atoms with Crippen molar-refractivity contribution in [1.29, 1.82) is 0 Å². The summed E-state index contributed by atoms with van der Waals surface area (Å²) in [6.07, 6.45) is 2.44. The van der Waals surface area contributed by atoms with Gasteiger partial charge in [-0.2, -0.15) is 5.10 Å².